The third kappa shape index (κ3) is 9.21. The highest BCUT2D eigenvalue weighted by molar-refractivity contribution is 6.06. The van der Waals surface area contributed by atoms with E-state index in [2.05, 4.69) is 47.7 Å². The van der Waals surface area contributed by atoms with E-state index < -0.39 is 0 Å². The van der Waals surface area contributed by atoms with Crippen molar-refractivity contribution in [3.05, 3.63) is 77.5 Å². The Labute approximate surface area is 306 Å². The fraction of sp³-hybridized carbons (Fsp3) is 0.410. The average Bonchev–Trinajstić information content (AvgIpc) is 3.16. The minimum atomic E-state index is -0.381. The molecule has 2 aliphatic heterocycles. The van der Waals surface area contributed by atoms with Crippen LogP contribution in [0.2, 0.25) is 0 Å². The molecule has 6 rings (SSSR count). The van der Waals surface area contributed by atoms with Gasteiger partial charge in [0.25, 0.3) is 5.91 Å². The Morgan fingerprint density at radius 2 is 1.58 bits per heavy atom. The lowest BCUT2D eigenvalue weighted by molar-refractivity contribution is 0.102. The summed E-state index contributed by atoms with van der Waals surface area (Å²) in [6.07, 6.45) is 2.35. The van der Waals surface area contributed by atoms with Crippen LogP contribution in [0, 0.1) is 13.8 Å². The summed E-state index contributed by atoms with van der Waals surface area (Å²) in [7, 11) is 5.34. The molecule has 2 aliphatic rings. The highest BCUT2D eigenvalue weighted by Crippen LogP contribution is 2.41. The number of carbonyl (C=O) groups is 1. The van der Waals surface area contributed by atoms with Crippen LogP contribution in [0.4, 0.5) is 23.0 Å². The number of nitrogens with zero attached hydrogens (tertiary/aromatic N) is 5. The maximum Gasteiger partial charge on any atom is 0.262 e. The maximum atomic E-state index is 13.7. The first kappa shape index (κ1) is 36.7. The van der Waals surface area contributed by atoms with Crippen LogP contribution in [0.25, 0.3) is 0 Å². The van der Waals surface area contributed by atoms with Gasteiger partial charge in [0.2, 0.25) is 17.6 Å². The largest absolute Gasteiger partial charge is 0.493 e. The van der Waals surface area contributed by atoms with Crippen LogP contribution in [0.1, 0.15) is 27.9 Å². The number of amides is 1. The van der Waals surface area contributed by atoms with Crippen LogP contribution in [-0.4, -0.2) is 112 Å². The van der Waals surface area contributed by atoms with E-state index in [1.807, 2.05) is 56.3 Å². The number of hydrogen-bond acceptors (Lipinski definition) is 12. The van der Waals surface area contributed by atoms with Crippen molar-refractivity contribution in [3.8, 4) is 28.9 Å². The summed E-state index contributed by atoms with van der Waals surface area (Å²) in [4.78, 5) is 30.0. The Bertz CT molecular complexity index is 1760. The van der Waals surface area contributed by atoms with Gasteiger partial charge < -0.3 is 49.6 Å². The van der Waals surface area contributed by atoms with Crippen LogP contribution >= 0.6 is 0 Å². The predicted octanol–water partition coefficient (Wildman–Crippen LogP) is 5.32. The molecule has 2 saturated heterocycles. The van der Waals surface area contributed by atoms with E-state index in [4.69, 9.17) is 18.9 Å². The zero-order valence-corrected chi connectivity index (χ0v) is 30.8. The van der Waals surface area contributed by atoms with Crippen LogP contribution in [-0.2, 0) is 0 Å². The lowest BCUT2D eigenvalue weighted by atomic mass is 10.1. The molecule has 0 atom stereocenters. The number of benzene rings is 3. The summed E-state index contributed by atoms with van der Waals surface area (Å²) in [5, 5.41) is 9.65. The van der Waals surface area contributed by atoms with E-state index in [0.29, 0.717) is 35.3 Å². The number of para-hydroxylation sites is 1. The van der Waals surface area contributed by atoms with Crippen LogP contribution in [0.5, 0.6) is 28.9 Å². The van der Waals surface area contributed by atoms with Crippen molar-refractivity contribution in [3.63, 3.8) is 0 Å². The van der Waals surface area contributed by atoms with E-state index in [-0.39, 0.29) is 23.3 Å². The Morgan fingerprint density at radius 1 is 0.904 bits per heavy atom. The standard InChI is InChI=1S/C39H50N8O5/c1-27-8-6-9-28(2)35(27)43-37(48)32-26-41-39(44-38(32)52-31-12-10-30(11-13-31)47-17-14-40-15-18-47)42-29-24-33(49-4)36(34(25-29)50-5)51-23-7-16-46-21-19-45(3)20-22-46/h6,8-13,24-26,40H,7,14-23H2,1-5H3,(H,43,48)(H,41,42,44). The number of anilines is 4. The lowest BCUT2D eigenvalue weighted by Gasteiger charge is -2.32. The van der Waals surface area contributed by atoms with E-state index in [1.165, 1.54) is 6.20 Å². The molecule has 3 N–H and O–H groups in total. The van der Waals surface area contributed by atoms with Gasteiger partial charge in [-0.15, -0.1) is 0 Å². The molecule has 52 heavy (non-hydrogen) atoms. The zero-order chi connectivity index (χ0) is 36.5. The van der Waals surface area contributed by atoms with Gasteiger partial charge in [0, 0.05) is 94.3 Å². The number of ether oxygens (including phenoxy) is 4. The summed E-state index contributed by atoms with van der Waals surface area (Å²) in [5.41, 5.74) is 4.54. The van der Waals surface area contributed by atoms with Gasteiger partial charge in [-0.1, -0.05) is 18.2 Å². The van der Waals surface area contributed by atoms with Gasteiger partial charge in [0.05, 0.1) is 20.8 Å². The number of rotatable bonds is 14. The SMILES string of the molecule is COc1cc(Nc2ncc(C(=O)Nc3c(C)cccc3C)c(Oc3ccc(N4CCNCC4)cc3)n2)cc(OC)c1OCCCN1CCN(C)CC1. The van der Waals surface area contributed by atoms with E-state index >= 15 is 0 Å². The second-order valence-corrected chi connectivity index (χ2v) is 13.1. The molecular formula is C39H50N8O5. The molecule has 0 aliphatic carbocycles. The van der Waals surface area contributed by atoms with Crippen LogP contribution in [0.15, 0.2) is 60.8 Å². The fourth-order valence-corrected chi connectivity index (χ4v) is 6.37. The number of carbonyl (C=O) groups excluding carboxylic acids is 1. The van der Waals surface area contributed by atoms with E-state index in [0.717, 1.165) is 87.8 Å². The molecule has 2 fully saturated rings. The highest BCUT2D eigenvalue weighted by atomic mass is 16.5. The van der Waals surface area contributed by atoms with Gasteiger partial charge in [-0.3, -0.25) is 4.79 Å². The second kappa shape index (κ2) is 17.4. The Morgan fingerprint density at radius 3 is 2.23 bits per heavy atom. The van der Waals surface area contributed by atoms with Gasteiger partial charge in [-0.05, 0) is 62.7 Å². The molecule has 13 heteroatoms. The minimum Gasteiger partial charge on any atom is -0.493 e. The van der Waals surface area contributed by atoms with Crippen LogP contribution < -0.4 is 39.8 Å². The molecule has 4 aromatic rings. The highest BCUT2D eigenvalue weighted by Gasteiger charge is 2.21. The quantitative estimate of drug-likeness (QED) is 0.147. The first-order valence-electron chi connectivity index (χ1n) is 17.9. The first-order chi connectivity index (χ1) is 25.3. The summed E-state index contributed by atoms with van der Waals surface area (Å²) in [6.45, 7) is 13.5. The first-order valence-corrected chi connectivity index (χ1v) is 17.9. The predicted molar refractivity (Wildman–Crippen MR) is 204 cm³/mol. The molecular weight excluding hydrogens is 660 g/mol. The molecule has 276 valence electrons. The number of hydrogen-bond donors (Lipinski definition) is 3. The number of likely N-dealkylation sites (N-methyl/N-ethyl adjacent to an activating group) is 1. The normalized spacial score (nSPS) is 15.2. The summed E-state index contributed by atoms with van der Waals surface area (Å²) in [5.74, 6) is 2.04. The van der Waals surface area contributed by atoms with Crippen molar-refractivity contribution in [2.75, 3.05) is 102 Å². The Kier molecular flexibility index (Phi) is 12.3. The van der Waals surface area contributed by atoms with Gasteiger partial charge in [-0.2, -0.15) is 4.98 Å². The number of methoxy groups -OCH3 is 2. The van der Waals surface area contributed by atoms with Crippen molar-refractivity contribution < 1.29 is 23.7 Å². The molecule has 0 radical (unpaired) electrons. The molecule has 0 saturated carbocycles. The molecule has 0 unspecified atom stereocenters. The summed E-state index contributed by atoms with van der Waals surface area (Å²) >= 11 is 0. The van der Waals surface area contributed by atoms with Crippen molar-refractivity contribution >= 4 is 28.9 Å². The number of nitrogens with one attached hydrogen (secondary N) is 3. The molecule has 1 aromatic heterocycles. The monoisotopic (exact) mass is 710 g/mol. The molecule has 1 amide bonds. The topological polar surface area (TPSA) is 126 Å². The Hall–Kier alpha value is -5.11. The zero-order valence-electron chi connectivity index (χ0n) is 30.8. The maximum absolute atomic E-state index is 13.7. The number of aryl methyl sites for hydroxylation is 2. The van der Waals surface area contributed by atoms with Crippen molar-refractivity contribution in [1.82, 2.24) is 25.1 Å². The van der Waals surface area contributed by atoms with Crippen molar-refractivity contribution in [2.45, 2.75) is 20.3 Å². The van der Waals surface area contributed by atoms with E-state index in [1.54, 1.807) is 26.4 Å². The average molecular weight is 711 g/mol. The number of piperazine rings is 2. The third-order valence-electron chi connectivity index (χ3n) is 9.43. The number of aromatic nitrogens is 2. The minimum absolute atomic E-state index is 0.107. The molecule has 0 spiro atoms. The molecule has 13 nitrogen and oxygen atoms in total. The molecule has 0 bridgehead atoms. The summed E-state index contributed by atoms with van der Waals surface area (Å²) in [6, 6.07) is 17.3. The van der Waals surface area contributed by atoms with Gasteiger partial charge in [0.1, 0.15) is 11.3 Å². The van der Waals surface area contributed by atoms with E-state index in [9.17, 15) is 4.79 Å². The lowest BCUT2D eigenvalue weighted by Crippen LogP contribution is -2.44. The third-order valence-corrected chi connectivity index (χ3v) is 9.43. The smallest absolute Gasteiger partial charge is 0.262 e. The van der Waals surface area contributed by atoms with Gasteiger partial charge in [0.15, 0.2) is 11.5 Å². The summed E-state index contributed by atoms with van der Waals surface area (Å²) < 4.78 is 23.9. The van der Waals surface area contributed by atoms with Gasteiger partial charge in [-0.25, -0.2) is 4.98 Å². The second-order valence-electron chi connectivity index (χ2n) is 13.1. The van der Waals surface area contributed by atoms with Crippen LogP contribution in [0.3, 0.4) is 0 Å². The molecule has 3 heterocycles. The van der Waals surface area contributed by atoms with Crippen molar-refractivity contribution in [2.24, 2.45) is 0 Å². The fourth-order valence-electron chi connectivity index (χ4n) is 6.37. The van der Waals surface area contributed by atoms with Gasteiger partial charge >= 0.3 is 0 Å². The molecule has 3 aromatic carbocycles. The van der Waals surface area contributed by atoms with Crippen molar-refractivity contribution in [1.29, 1.82) is 0 Å². The Balaban J connectivity index is 1.21.